The number of carboxylic acids is 1. The van der Waals surface area contributed by atoms with Crippen LogP contribution in [0.5, 0.6) is 0 Å². The molecule has 2 aromatic rings. The van der Waals surface area contributed by atoms with Crippen LogP contribution in [0.3, 0.4) is 0 Å². The van der Waals surface area contributed by atoms with Crippen molar-refractivity contribution in [2.75, 3.05) is 13.6 Å². The number of aromatic nitrogens is 1. The lowest BCUT2D eigenvalue weighted by molar-refractivity contribution is -0.146. The summed E-state index contributed by atoms with van der Waals surface area (Å²) in [7, 11) is 2.06. The smallest absolute Gasteiger partial charge is 0.320 e. The molecule has 2 aromatic heterocycles. The van der Waals surface area contributed by atoms with Crippen LogP contribution in [0.4, 0.5) is 0 Å². The minimum absolute atomic E-state index is 0.246. The maximum Gasteiger partial charge on any atom is 0.320 e. The molecule has 1 aliphatic heterocycles. The Hall–Kier alpha value is -2.18. The summed E-state index contributed by atoms with van der Waals surface area (Å²) in [4.78, 5) is 20.2. The molecule has 1 saturated heterocycles. The second-order valence-corrected chi connectivity index (χ2v) is 6.79. The van der Waals surface area contributed by atoms with E-state index in [1.807, 2.05) is 42.3 Å². The summed E-state index contributed by atoms with van der Waals surface area (Å²) in [6.45, 7) is 3.97. The molecule has 0 amide bonds. The third kappa shape index (κ3) is 4.46. The highest BCUT2D eigenvalue weighted by molar-refractivity contribution is 5.73. The topological polar surface area (TPSA) is 69.8 Å². The predicted octanol–water partition coefficient (Wildman–Crippen LogP) is 2.53. The molecule has 134 valence electrons. The zero-order valence-corrected chi connectivity index (χ0v) is 14.8. The van der Waals surface area contributed by atoms with E-state index in [1.54, 1.807) is 6.20 Å². The lowest BCUT2D eigenvalue weighted by Crippen LogP contribution is -2.51. The Bertz CT molecular complexity index is 701. The van der Waals surface area contributed by atoms with Crippen molar-refractivity contribution in [3.63, 3.8) is 0 Å². The van der Waals surface area contributed by atoms with E-state index in [2.05, 4.69) is 16.9 Å². The van der Waals surface area contributed by atoms with Crippen molar-refractivity contribution in [2.24, 2.45) is 0 Å². The second-order valence-electron chi connectivity index (χ2n) is 6.79. The number of hydrogen-bond acceptors (Lipinski definition) is 5. The van der Waals surface area contributed by atoms with Gasteiger partial charge in [0.1, 0.15) is 17.6 Å². The molecule has 3 heterocycles. The quantitative estimate of drug-likeness (QED) is 0.869. The molecule has 0 unspecified atom stereocenters. The number of pyridine rings is 1. The van der Waals surface area contributed by atoms with Crippen molar-refractivity contribution in [1.82, 2.24) is 14.8 Å². The van der Waals surface area contributed by atoms with Crippen molar-refractivity contribution < 1.29 is 14.3 Å². The average molecular weight is 343 g/mol. The van der Waals surface area contributed by atoms with Gasteiger partial charge in [0.2, 0.25) is 0 Å². The van der Waals surface area contributed by atoms with Gasteiger partial charge in [0, 0.05) is 31.5 Å². The highest BCUT2D eigenvalue weighted by Gasteiger charge is 2.35. The maximum atomic E-state index is 11.8. The van der Waals surface area contributed by atoms with Crippen molar-refractivity contribution in [3.05, 3.63) is 53.7 Å². The summed E-state index contributed by atoms with van der Waals surface area (Å²) in [6, 6.07) is 7.58. The van der Waals surface area contributed by atoms with E-state index in [-0.39, 0.29) is 6.04 Å². The number of likely N-dealkylation sites (tertiary alicyclic amines) is 1. The van der Waals surface area contributed by atoms with Gasteiger partial charge in [-0.1, -0.05) is 6.07 Å². The molecule has 0 radical (unpaired) electrons. The van der Waals surface area contributed by atoms with Crippen LogP contribution in [0, 0.1) is 6.92 Å². The summed E-state index contributed by atoms with van der Waals surface area (Å²) in [5.41, 5.74) is 1.14. The largest absolute Gasteiger partial charge is 0.480 e. The molecule has 1 aliphatic rings. The first-order valence-corrected chi connectivity index (χ1v) is 8.64. The van der Waals surface area contributed by atoms with Crippen LogP contribution >= 0.6 is 0 Å². The molecular weight excluding hydrogens is 318 g/mol. The molecular formula is C19H25N3O3. The van der Waals surface area contributed by atoms with E-state index in [4.69, 9.17) is 4.42 Å². The highest BCUT2D eigenvalue weighted by atomic mass is 16.4. The molecule has 0 aromatic carbocycles. The van der Waals surface area contributed by atoms with Crippen LogP contribution in [-0.2, 0) is 17.9 Å². The van der Waals surface area contributed by atoms with Crippen LogP contribution in [0.1, 0.15) is 29.9 Å². The van der Waals surface area contributed by atoms with Crippen molar-refractivity contribution in [2.45, 2.75) is 44.9 Å². The number of furan rings is 1. The predicted molar refractivity (Wildman–Crippen MR) is 94.0 cm³/mol. The molecule has 0 aliphatic carbocycles. The van der Waals surface area contributed by atoms with E-state index in [9.17, 15) is 9.90 Å². The number of rotatable bonds is 6. The van der Waals surface area contributed by atoms with Crippen LogP contribution in [0.2, 0.25) is 0 Å². The Morgan fingerprint density at radius 1 is 1.44 bits per heavy atom. The van der Waals surface area contributed by atoms with Gasteiger partial charge in [-0.3, -0.25) is 19.6 Å². The summed E-state index contributed by atoms with van der Waals surface area (Å²) in [5.74, 6) is 0.918. The number of carbonyl (C=O) groups is 1. The zero-order valence-electron chi connectivity index (χ0n) is 14.8. The molecule has 25 heavy (non-hydrogen) atoms. The molecule has 0 saturated carbocycles. The Morgan fingerprint density at radius 3 is 2.92 bits per heavy atom. The van der Waals surface area contributed by atoms with E-state index in [0.717, 1.165) is 36.6 Å². The number of aliphatic carboxylic acids is 1. The van der Waals surface area contributed by atoms with Gasteiger partial charge in [-0.15, -0.1) is 0 Å². The Balaban J connectivity index is 1.63. The van der Waals surface area contributed by atoms with Crippen LogP contribution < -0.4 is 0 Å². The lowest BCUT2D eigenvalue weighted by atomic mass is 9.95. The monoisotopic (exact) mass is 343 g/mol. The fourth-order valence-corrected chi connectivity index (χ4v) is 3.52. The molecule has 2 atom stereocenters. The van der Waals surface area contributed by atoms with Gasteiger partial charge in [-0.25, -0.2) is 0 Å². The Kier molecular flexibility index (Phi) is 5.50. The third-order valence-corrected chi connectivity index (χ3v) is 4.90. The van der Waals surface area contributed by atoms with Gasteiger partial charge in [-0.05, 0) is 50.6 Å². The van der Waals surface area contributed by atoms with Gasteiger partial charge in [0.15, 0.2) is 0 Å². The normalized spacial score (nSPS) is 21.6. The van der Waals surface area contributed by atoms with Crippen LogP contribution in [0.25, 0.3) is 0 Å². The number of piperidine rings is 1. The van der Waals surface area contributed by atoms with Crippen molar-refractivity contribution in [1.29, 1.82) is 0 Å². The minimum atomic E-state index is -0.761. The molecule has 6 heteroatoms. The SMILES string of the molecule is Cc1ccc(CN2CC[C@H](N(C)Cc3cccnc3)C[C@@H]2C(=O)O)o1. The van der Waals surface area contributed by atoms with Crippen molar-refractivity contribution >= 4 is 5.97 Å². The number of aryl methyl sites for hydroxylation is 1. The molecule has 0 bridgehead atoms. The van der Waals surface area contributed by atoms with E-state index in [0.29, 0.717) is 13.0 Å². The summed E-state index contributed by atoms with van der Waals surface area (Å²) < 4.78 is 5.62. The Labute approximate surface area is 148 Å². The highest BCUT2D eigenvalue weighted by Crippen LogP contribution is 2.25. The first kappa shape index (κ1) is 17.6. The van der Waals surface area contributed by atoms with Gasteiger partial charge < -0.3 is 9.52 Å². The first-order valence-electron chi connectivity index (χ1n) is 8.64. The number of carboxylic acid groups (broad SMARTS) is 1. The minimum Gasteiger partial charge on any atom is -0.480 e. The zero-order chi connectivity index (χ0) is 17.8. The fourth-order valence-electron chi connectivity index (χ4n) is 3.52. The average Bonchev–Trinajstić information content (AvgIpc) is 3.00. The van der Waals surface area contributed by atoms with Gasteiger partial charge in [0.05, 0.1) is 6.54 Å². The standard InChI is InChI=1S/C19H25N3O3/c1-14-5-6-17(25-14)13-22-9-7-16(10-18(22)19(23)24)21(2)12-15-4-3-8-20-11-15/h3-6,8,11,16,18H,7,9-10,12-13H2,1-2H3,(H,23,24)/t16-,18+/m0/s1. The summed E-state index contributed by atoms with van der Waals surface area (Å²) >= 11 is 0. The molecule has 1 fully saturated rings. The van der Waals surface area contributed by atoms with Gasteiger partial charge in [0.25, 0.3) is 0 Å². The Morgan fingerprint density at radius 2 is 2.28 bits per heavy atom. The summed E-state index contributed by atoms with van der Waals surface area (Å²) in [6.07, 6.45) is 5.18. The van der Waals surface area contributed by atoms with Crippen molar-refractivity contribution in [3.8, 4) is 0 Å². The van der Waals surface area contributed by atoms with E-state index < -0.39 is 12.0 Å². The van der Waals surface area contributed by atoms with Crippen LogP contribution in [-0.4, -0.2) is 51.5 Å². The third-order valence-electron chi connectivity index (χ3n) is 4.90. The van der Waals surface area contributed by atoms with Crippen LogP contribution in [0.15, 0.2) is 41.1 Å². The van der Waals surface area contributed by atoms with E-state index >= 15 is 0 Å². The second kappa shape index (κ2) is 7.80. The first-order chi connectivity index (χ1) is 12.0. The van der Waals surface area contributed by atoms with Gasteiger partial charge in [-0.2, -0.15) is 0 Å². The maximum absolute atomic E-state index is 11.8. The van der Waals surface area contributed by atoms with E-state index in [1.165, 1.54) is 0 Å². The lowest BCUT2D eigenvalue weighted by Gasteiger charge is -2.40. The summed E-state index contributed by atoms with van der Waals surface area (Å²) in [5, 5.41) is 9.68. The molecule has 6 nitrogen and oxygen atoms in total. The molecule has 0 spiro atoms. The van der Waals surface area contributed by atoms with Gasteiger partial charge >= 0.3 is 5.97 Å². The fraction of sp³-hybridized carbons (Fsp3) is 0.474. The number of nitrogens with zero attached hydrogens (tertiary/aromatic N) is 3. The molecule has 1 N–H and O–H groups in total. The molecule has 3 rings (SSSR count). The number of hydrogen-bond donors (Lipinski definition) is 1.